The molecule has 0 spiro atoms. The maximum Gasteiger partial charge on any atom is 0.325 e. The van der Waals surface area contributed by atoms with Gasteiger partial charge >= 0.3 is 6.03 Å². The molecule has 6 heteroatoms. The normalized spacial score (nSPS) is 19.3. The number of nitrogens with one attached hydrogen (secondary N) is 1. The smallest absolute Gasteiger partial charge is 0.325 e. The van der Waals surface area contributed by atoms with Crippen LogP contribution in [0.3, 0.4) is 0 Å². The molecule has 0 bridgehead atoms. The molecule has 0 aromatic heterocycles. The molecule has 2 heterocycles. The zero-order valence-electron chi connectivity index (χ0n) is 14.6. The fraction of sp³-hybridized carbons (Fsp3) is 0.556. The Morgan fingerprint density at radius 1 is 1.25 bits per heavy atom. The van der Waals surface area contributed by atoms with Gasteiger partial charge in [0.25, 0.3) is 5.91 Å². The topological polar surface area (TPSA) is 61.9 Å². The predicted molar refractivity (Wildman–Crippen MR) is 92.5 cm³/mol. The summed E-state index contributed by atoms with van der Waals surface area (Å²) in [5.41, 5.74) is 1.67. The van der Waals surface area contributed by atoms with Gasteiger partial charge in [-0.2, -0.15) is 0 Å². The summed E-state index contributed by atoms with van der Waals surface area (Å²) in [7, 11) is 1.69. The number of imide groups is 1. The average Bonchev–Trinajstić information content (AvgIpc) is 2.75. The van der Waals surface area contributed by atoms with Crippen LogP contribution in [0.15, 0.2) is 18.2 Å². The summed E-state index contributed by atoms with van der Waals surface area (Å²) in [4.78, 5) is 27.8. The van der Waals surface area contributed by atoms with E-state index in [2.05, 4.69) is 16.3 Å². The zero-order valence-corrected chi connectivity index (χ0v) is 14.6. The Balaban J connectivity index is 1.65. The summed E-state index contributed by atoms with van der Waals surface area (Å²) in [6.45, 7) is 5.68. The number of hydrogen-bond acceptors (Lipinski definition) is 4. The SMILES string of the molecule is COc1cccc2c1N(CCCN1C(=O)NC(C)(C)C1=O)CCC2. The minimum absolute atomic E-state index is 0.149. The Bertz CT molecular complexity index is 643. The molecule has 2 aliphatic rings. The third-order valence-electron chi connectivity index (χ3n) is 4.75. The molecule has 0 atom stereocenters. The second-order valence-corrected chi connectivity index (χ2v) is 6.92. The fourth-order valence-electron chi connectivity index (χ4n) is 3.53. The van der Waals surface area contributed by atoms with Crippen LogP contribution in [0, 0.1) is 0 Å². The van der Waals surface area contributed by atoms with E-state index in [4.69, 9.17) is 4.74 Å². The monoisotopic (exact) mass is 331 g/mol. The summed E-state index contributed by atoms with van der Waals surface area (Å²) in [6, 6.07) is 5.86. The van der Waals surface area contributed by atoms with Crippen LogP contribution < -0.4 is 15.0 Å². The first-order valence-electron chi connectivity index (χ1n) is 8.49. The fourth-order valence-corrected chi connectivity index (χ4v) is 3.53. The Morgan fingerprint density at radius 3 is 2.71 bits per heavy atom. The number of urea groups is 1. The summed E-state index contributed by atoms with van der Waals surface area (Å²) < 4.78 is 5.51. The maximum atomic E-state index is 12.2. The second-order valence-electron chi connectivity index (χ2n) is 6.92. The molecule has 2 aliphatic heterocycles. The van der Waals surface area contributed by atoms with Gasteiger partial charge in [0.15, 0.2) is 0 Å². The Morgan fingerprint density at radius 2 is 2.04 bits per heavy atom. The molecule has 0 radical (unpaired) electrons. The number of fused-ring (bicyclic) bond motifs is 1. The number of anilines is 1. The zero-order chi connectivity index (χ0) is 17.3. The highest BCUT2D eigenvalue weighted by atomic mass is 16.5. The highest BCUT2D eigenvalue weighted by Crippen LogP contribution is 2.36. The second kappa shape index (κ2) is 6.34. The molecule has 1 fully saturated rings. The molecule has 0 aliphatic carbocycles. The van der Waals surface area contributed by atoms with Crippen LogP contribution in [-0.4, -0.2) is 49.1 Å². The van der Waals surface area contributed by atoms with Gasteiger partial charge in [0.2, 0.25) is 0 Å². The highest BCUT2D eigenvalue weighted by Gasteiger charge is 2.43. The van der Waals surface area contributed by atoms with E-state index in [0.29, 0.717) is 6.54 Å². The standard InChI is InChI=1S/C18H25N3O3/c1-18(2)16(22)21(17(23)19-18)12-6-11-20-10-5-8-13-7-4-9-14(24-3)15(13)20/h4,7,9H,5-6,8,10-12H2,1-3H3,(H,19,23). The van der Waals surface area contributed by atoms with E-state index in [0.717, 1.165) is 43.8 Å². The van der Waals surface area contributed by atoms with Crippen molar-refractivity contribution in [2.24, 2.45) is 0 Å². The van der Waals surface area contributed by atoms with Crippen LogP contribution in [-0.2, 0) is 11.2 Å². The van der Waals surface area contributed by atoms with E-state index in [1.54, 1.807) is 21.0 Å². The summed E-state index contributed by atoms with van der Waals surface area (Å²) in [5.74, 6) is 0.743. The Kier molecular flexibility index (Phi) is 4.39. The van der Waals surface area contributed by atoms with Gasteiger partial charge in [-0.15, -0.1) is 0 Å². The van der Waals surface area contributed by atoms with Gasteiger partial charge in [-0.1, -0.05) is 12.1 Å². The maximum absolute atomic E-state index is 12.2. The van der Waals surface area contributed by atoms with Crippen molar-refractivity contribution in [1.29, 1.82) is 0 Å². The average molecular weight is 331 g/mol. The number of para-hydroxylation sites is 1. The van der Waals surface area contributed by atoms with Gasteiger partial charge in [0.05, 0.1) is 12.8 Å². The molecule has 24 heavy (non-hydrogen) atoms. The third kappa shape index (κ3) is 2.92. The number of methoxy groups -OCH3 is 1. The molecule has 0 saturated carbocycles. The van der Waals surface area contributed by atoms with Crippen molar-refractivity contribution < 1.29 is 14.3 Å². The van der Waals surface area contributed by atoms with E-state index in [9.17, 15) is 9.59 Å². The molecule has 3 rings (SSSR count). The molecule has 1 saturated heterocycles. The van der Waals surface area contributed by atoms with Gasteiger partial charge in [0, 0.05) is 19.6 Å². The number of nitrogens with zero attached hydrogens (tertiary/aromatic N) is 2. The predicted octanol–water partition coefficient (Wildman–Crippen LogP) is 2.17. The van der Waals surface area contributed by atoms with Crippen molar-refractivity contribution in [3.63, 3.8) is 0 Å². The number of carbonyl (C=O) groups excluding carboxylic acids is 2. The van der Waals surface area contributed by atoms with Gasteiger partial charge in [-0.25, -0.2) is 4.79 Å². The first-order chi connectivity index (χ1) is 11.4. The van der Waals surface area contributed by atoms with Gasteiger partial charge < -0.3 is 15.0 Å². The molecule has 6 nitrogen and oxygen atoms in total. The van der Waals surface area contributed by atoms with E-state index >= 15 is 0 Å². The van der Waals surface area contributed by atoms with Crippen LogP contribution in [0.25, 0.3) is 0 Å². The quantitative estimate of drug-likeness (QED) is 0.840. The van der Waals surface area contributed by atoms with Crippen molar-refractivity contribution in [2.45, 2.75) is 38.6 Å². The minimum atomic E-state index is -0.794. The summed E-state index contributed by atoms with van der Waals surface area (Å²) >= 11 is 0. The largest absolute Gasteiger partial charge is 0.495 e. The number of aryl methyl sites for hydroxylation is 1. The lowest BCUT2D eigenvalue weighted by Gasteiger charge is -2.33. The van der Waals surface area contributed by atoms with E-state index in [1.807, 2.05) is 12.1 Å². The Labute approximate surface area is 142 Å². The number of hydrogen-bond donors (Lipinski definition) is 1. The van der Waals surface area contributed by atoms with Crippen molar-refractivity contribution >= 4 is 17.6 Å². The van der Waals surface area contributed by atoms with Crippen molar-refractivity contribution in [3.8, 4) is 5.75 Å². The van der Waals surface area contributed by atoms with Crippen molar-refractivity contribution in [1.82, 2.24) is 10.2 Å². The molecule has 3 amide bonds. The molecule has 1 N–H and O–H groups in total. The lowest BCUT2D eigenvalue weighted by Crippen LogP contribution is -2.40. The van der Waals surface area contributed by atoms with Crippen LogP contribution in [0.5, 0.6) is 5.75 Å². The number of rotatable bonds is 5. The molecular weight excluding hydrogens is 306 g/mol. The van der Waals surface area contributed by atoms with Crippen LogP contribution in [0.2, 0.25) is 0 Å². The van der Waals surface area contributed by atoms with Crippen LogP contribution >= 0.6 is 0 Å². The molecule has 1 aromatic carbocycles. The number of amides is 3. The molecular formula is C18H25N3O3. The molecule has 130 valence electrons. The van der Waals surface area contributed by atoms with Crippen LogP contribution in [0.1, 0.15) is 32.3 Å². The highest BCUT2D eigenvalue weighted by molar-refractivity contribution is 6.06. The van der Waals surface area contributed by atoms with Crippen LogP contribution in [0.4, 0.5) is 10.5 Å². The summed E-state index contributed by atoms with van der Waals surface area (Å²) in [6.07, 6.45) is 2.91. The van der Waals surface area contributed by atoms with E-state index < -0.39 is 5.54 Å². The van der Waals surface area contributed by atoms with Crippen molar-refractivity contribution in [3.05, 3.63) is 23.8 Å². The van der Waals surface area contributed by atoms with E-state index in [-0.39, 0.29) is 11.9 Å². The Hall–Kier alpha value is -2.24. The first kappa shape index (κ1) is 16.6. The lowest BCUT2D eigenvalue weighted by atomic mass is 10.0. The van der Waals surface area contributed by atoms with Gasteiger partial charge in [-0.05, 0) is 44.7 Å². The van der Waals surface area contributed by atoms with Gasteiger partial charge in [-0.3, -0.25) is 9.69 Å². The van der Waals surface area contributed by atoms with E-state index in [1.165, 1.54) is 10.5 Å². The third-order valence-corrected chi connectivity index (χ3v) is 4.75. The lowest BCUT2D eigenvalue weighted by molar-refractivity contribution is -0.130. The molecule has 1 aromatic rings. The molecule has 0 unspecified atom stereocenters. The number of carbonyl (C=O) groups is 2. The minimum Gasteiger partial charge on any atom is -0.495 e. The van der Waals surface area contributed by atoms with Crippen molar-refractivity contribution in [2.75, 3.05) is 31.6 Å². The number of benzene rings is 1. The van der Waals surface area contributed by atoms with Gasteiger partial charge in [0.1, 0.15) is 11.3 Å². The first-order valence-corrected chi connectivity index (χ1v) is 8.49. The number of ether oxygens (including phenoxy) is 1. The summed E-state index contributed by atoms with van der Waals surface area (Å²) in [5, 5.41) is 2.72.